The highest BCUT2D eigenvalue weighted by Crippen LogP contribution is 2.43. The molecule has 0 bridgehead atoms. The molecule has 8 nitrogen and oxygen atoms in total. The van der Waals surface area contributed by atoms with Gasteiger partial charge in [0.1, 0.15) is 0 Å². The summed E-state index contributed by atoms with van der Waals surface area (Å²) in [6.07, 6.45) is 0. The van der Waals surface area contributed by atoms with Crippen LogP contribution in [0.4, 0.5) is 0 Å². The third-order valence-electron chi connectivity index (χ3n) is 4.40. The first-order valence-corrected chi connectivity index (χ1v) is 7.83. The van der Waals surface area contributed by atoms with Crippen molar-refractivity contribution in [3.63, 3.8) is 0 Å². The van der Waals surface area contributed by atoms with Gasteiger partial charge in [-0.25, -0.2) is 5.84 Å². The average Bonchev–Trinajstić information content (AvgIpc) is 2.89. The highest BCUT2D eigenvalue weighted by molar-refractivity contribution is 6.06. The molecule has 2 aromatic rings. The lowest BCUT2D eigenvalue weighted by atomic mass is 9.99. The number of hydrazine groups is 1. The van der Waals surface area contributed by atoms with E-state index in [9.17, 15) is 14.7 Å². The molecule has 0 radical (unpaired) electrons. The number of benzene rings is 2. The molecular formula is C18H19N3O5. The maximum absolute atomic E-state index is 13.0. The minimum Gasteiger partial charge on any atom is -0.493 e. The number of carbonyl (C=O) groups is 2. The highest BCUT2D eigenvalue weighted by Gasteiger charge is 2.54. The summed E-state index contributed by atoms with van der Waals surface area (Å²) in [5.41, 5.74) is 0.640. The number of ether oxygens (including phenoxy) is 2. The molecule has 136 valence electrons. The van der Waals surface area contributed by atoms with Crippen LogP contribution in [0.5, 0.6) is 11.5 Å². The van der Waals surface area contributed by atoms with Crippen molar-refractivity contribution in [1.29, 1.82) is 0 Å². The van der Waals surface area contributed by atoms with Crippen LogP contribution in [0, 0.1) is 0 Å². The maximum atomic E-state index is 13.0. The molecule has 1 atom stereocenters. The fourth-order valence-electron chi connectivity index (χ4n) is 3.08. The van der Waals surface area contributed by atoms with Gasteiger partial charge < -0.3 is 14.6 Å². The topological polar surface area (TPSA) is 114 Å². The normalized spacial score (nSPS) is 18.5. The summed E-state index contributed by atoms with van der Waals surface area (Å²) in [7, 11) is 2.86. The lowest BCUT2D eigenvalue weighted by Gasteiger charge is -2.32. The molecule has 3 rings (SSSR count). The van der Waals surface area contributed by atoms with Crippen molar-refractivity contribution in [1.82, 2.24) is 10.3 Å². The molecule has 1 heterocycles. The number of aliphatic hydroxyl groups is 1. The fraction of sp³-hybridized carbons (Fsp3) is 0.222. The number of rotatable bonds is 5. The van der Waals surface area contributed by atoms with E-state index in [2.05, 4.69) is 0 Å². The van der Waals surface area contributed by atoms with Gasteiger partial charge in [-0.05, 0) is 17.7 Å². The second kappa shape index (κ2) is 6.66. The first-order chi connectivity index (χ1) is 12.5. The Labute approximate surface area is 150 Å². The van der Waals surface area contributed by atoms with Crippen LogP contribution >= 0.6 is 0 Å². The third-order valence-corrected chi connectivity index (χ3v) is 4.40. The molecule has 2 amide bonds. The zero-order valence-corrected chi connectivity index (χ0v) is 14.4. The minimum absolute atomic E-state index is 0.0168. The highest BCUT2D eigenvalue weighted by atomic mass is 16.5. The fourth-order valence-corrected chi connectivity index (χ4v) is 3.08. The van der Waals surface area contributed by atoms with Gasteiger partial charge in [0.25, 0.3) is 17.5 Å². The molecule has 0 aromatic heterocycles. The number of nitrogens with one attached hydrogen (secondary N) is 1. The largest absolute Gasteiger partial charge is 0.493 e. The summed E-state index contributed by atoms with van der Waals surface area (Å²) < 4.78 is 10.4. The molecule has 26 heavy (non-hydrogen) atoms. The molecule has 2 aromatic carbocycles. The van der Waals surface area contributed by atoms with Gasteiger partial charge in [-0.1, -0.05) is 30.3 Å². The van der Waals surface area contributed by atoms with Crippen molar-refractivity contribution in [2.75, 3.05) is 14.2 Å². The van der Waals surface area contributed by atoms with E-state index in [0.29, 0.717) is 5.75 Å². The first kappa shape index (κ1) is 17.7. The van der Waals surface area contributed by atoms with E-state index < -0.39 is 17.5 Å². The maximum Gasteiger partial charge on any atom is 0.292 e. The summed E-state index contributed by atoms with van der Waals surface area (Å²) in [5, 5.41) is 11.2. The van der Waals surface area contributed by atoms with Crippen LogP contribution in [-0.4, -0.2) is 36.0 Å². The third kappa shape index (κ3) is 2.56. The van der Waals surface area contributed by atoms with E-state index in [4.69, 9.17) is 15.3 Å². The van der Waals surface area contributed by atoms with Gasteiger partial charge in [0.05, 0.1) is 19.8 Å². The molecule has 1 aliphatic heterocycles. The lowest BCUT2D eigenvalue weighted by Crippen LogP contribution is -2.55. The van der Waals surface area contributed by atoms with Gasteiger partial charge in [-0.3, -0.25) is 19.9 Å². The number of amides is 2. The molecule has 1 aliphatic rings. The monoisotopic (exact) mass is 357 g/mol. The van der Waals surface area contributed by atoms with Gasteiger partial charge in [-0.2, -0.15) is 0 Å². The second-order valence-corrected chi connectivity index (χ2v) is 5.78. The summed E-state index contributed by atoms with van der Waals surface area (Å²) in [5.74, 6) is 4.43. The number of nitrogens with zero attached hydrogens (tertiary/aromatic N) is 1. The Balaban J connectivity index is 2.16. The molecule has 1 unspecified atom stereocenters. The van der Waals surface area contributed by atoms with Crippen molar-refractivity contribution in [2.24, 2.45) is 5.84 Å². The number of fused-ring (bicyclic) bond motifs is 1. The molecule has 4 N–H and O–H groups in total. The van der Waals surface area contributed by atoms with Crippen LogP contribution in [0.3, 0.4) is 0 Å². The van der Waals surface area contributed by atoms with Crippen LogP contribution in [0.15, 0.2) is 42.5 Å². The zero-order valence-electron chi connectivity index (χ0n) is 14.4. The van der Waals surface area contributed by atoms with Crippen molar-refractivity contribution < 1.29 is 24.2 Å². The molecule has 8 heteroatoms. The Kier molecular flexibility index (Phi) is 4.54. The van der Waals surface area contributed by atoms with Crippen molar-refractivity contribution in [3.05, 3.63) is 59.2 Å². The van der Waals surface area contributed by atoms with E-state index in [-0.39, 0.29) is 23.4 Å². The Morgan fingerprint density at radius 3 is 2.38 bits per heavy atom. The van der Waals surface area contributed by atoms with E-state index in [1.165, 1.54) is 26.4 Å². The van der Waals surface area contributed by atoms with Crippen LogP contribution in [0.1, 0.15) is 21.5 Å². The van der Waals surface area contributed by atoms with E-state index in [1.807, 2.05) is 11.5 Å². The molecular weight excluding hydrogens is 338 g/mol. The average molecular weight is 357 g/mol. The molecule has 0 saturated carbocycles. The Bertz CT molecular complexity index is 855. The van der Waals surface area contributed by atoms with Gasteiger partial charge in [0.15, 0.2) is 11.5 Å². The lowest BCUT2D eigenvalue weighted by molar-refractivity contribution is -0.159. The molecule has 0 aliphatic carbocycles. The quantitative estimate of drug-likeness (QED) is 0.408. The van der Waals surface area contributed by atoms with Crippen LogP contribution in [0.25, 0.3) is 0 Å². The Morgan fingerprint density at radius 2 is 1.81 bits per heavy atom. The van der Waals surface area contributed by atoms with Gasteiger partial charge in [-0.15, -0.1) is 0 Å². The van der Waals surface area contributed by atoms with Crippen LogP contribution in [-0.2, 0) is 17.1 Å². The van der Waals surface area contributed by atoms with Gasteiger partial charge in [0.2, 0.25) is 0 Å². The SMILES string of the molecule is COc1cc2c(cc1OC)C(O)(C(=O)NN)N(Cc1ccccc1)C2=O. The molecule has 0 spiro atoms. The summed E-state index contributed by atoms with van der Waals surface area (Å²) >= 11 is 0. The minimum atomic E-state index is -2.27. The summed E-state index contributed by atoms with van der Waals surface area (Å²) in [6, 6.07) is 11.9. The first-order valence-electron chi connectivity index (χ1n) is 7.83. The standard InChI is InChI=1S/C18H19N3O5/c1-25-14-8-12-13(9-15(14)26-2)18(24,17(23)20-19)21(16(12)22)10-11-6-4-3-5-7-11/h3-9,24H,10,19H2,1-2H3,(H,20,23). The number of hydrogen-bond acceptors (Lipinski definition) is 6. The number of nitrogens with two attached hydrogens (primary N) is 1. The van der Waals surface area contributed by atoms with E-state index in [0.717, 1.165) is 10.5 Å². The number of carbonyl (C=O) groups excluding carboxylic acids is 2. The zero-order chi connectivity index (χ0) is 18.9. The smallest absolute Gasteiger partial charge is 0.292 e. The Morgan fingerprint density at radius 1 is 1.19 bits per heavy atom. The summed E-state index contributed by atoms with van der Waals surface area (Å²) in [6.45, 7) is 0.0168. The van der Waals surface area contributed by atoms with Crippen molar-refractivity contribution in [3.8, 4) is 11.5 Å². The Hall–Kier alpha value is -3.10. The second-order valence-electron chi connectivity index (χ2n) is 5.78. The van der Waals surface area contributed by atoms with Crippen molar-refractivity contribution in [2.45, 2.75) is 12.3 Å². The van der Waals surface area contributed by atoms with Crippen molar-refractivity contribution >= 4 is 11.8 Å². The predicted octanol–water partition coefficient (Wildman–Crippen LogP) is 0.495. The van der Waals surface area contributed by atoms with Gasteiger partial charge in [0, 0.05) is 12.1 Å². The van der Waals surface area contributed by atoms with E-state index in [1.54, 1.807) is 24.3 Å². The molecule has 0 saturated heterocycles. The van der Waals surface area contributed by atoms with E-state index >= 15 is 0 Å². The molecule has 0 fully saturated rings. The number of methoxy groups -OCH3 is 2. The van der Waals surface area contributed by atoms with Crippen LogP contribution < -0.4 is 20.7 Å². The summed E-state index contributed by atoms with van der Waals surface area (Å²) in [4.78, 5) is 26.5. The predicted molar refractivity (Wildman–Crippen MR) is 92.1 cm³/mol. The number of hydrogen-bond donors (Lipinski definition) is 3. The van der Waals surface area contributed by atoms with Gasteiger partial charge >= 0.3 is 0 Å². The van der Waals surface area contributed by atoms with Crippen LogP contribution in [0.2, 0.25) is 0 Å².